The molecule has 0 aliphatic rings. The Balaban J connectivity index is 1.22. The molecule has 5 aromatic carbocycles. The predicted octanol–water partition coefficient (Wildman–Crippen LogP) is 6.73. The molecule has 0 aromatic heterocycles. The van der Waals surface area contributed by atoms with Gasteiger partial charge in [-0.15, -0.1) is 0 Å². The molecule has 1 amide bonds. The summed E-state index contributed by atoms with van der Waals surface area (Å²) < 4.78 is 34.0. The van der Waals surface area contributed by atoms with Gasteiger partial charge in [0.2, 0.25) is 0 Å². The van der Waals surface area contributed by atoms with Gasteiger partial charge < -0.3 is 4.74 Å². The number of amides is 1. The van der Waals surface area contributed by atoms with Crippen molar-refractivity contribution in [2.24, 2.45) is 5.10 Å². The van der Waals surface area contributed by atoms with Crippen LogP contribution in [0.3, 0.4) is 0 Å². The van der Waals surface area contributed by atoms with Crippen molar-refractivity contribution in [3.8, 4) is 5.75 Å². The first-order chi connectivity index (χ1) is 20.3. The molecule has 0 aliphatic heterocycles. The molecule has 0 unspecified atom stereocenters. The number of ether oxygens (including phenoxy) is 1. The summed E-state index contributed by atoms with van der Waals surface area (Å²) in [4.78, 5) is 12.9. The Hall–Kier alpha value is -4.66. The standard InChI is InChI=1S/C33H28ClN3O4S/c1-24-11-16-29(34)20-32(24)37(42(39,40)31-9-3-2-4-10-31)22-33(38)36-35-21-25-13-17-30(18-14-25)41-23-26-12-15-27-7-5-6-8-28(27)19-26/h2-21H,22-23H2,1H3,(H,36,38)/b35-21+. The number of sulfonamides is 1. The second kappa shape index (κ2) is 12.9. The number of fused-ring (bicyclic) bond motifs is 1. The highest BCUT2D eigenvalue weighted by atomic mass is 35.5. The Morgan fingerprint density at radius 3 is 2.36 bits per heavy atom. The van der Waals surface area contributed by atoms with Crippen LogP contribution in [0.25, 0.3) is 10.8 Å². The Morgan fingerprint density at radius 1 is 0.881 bits per heavy atom. The number of carbonyl (C=O) groups is 1. The van der Waals surface area contributed by atoms with E-state index in [0.717, 1.165) is 20.8 Å². The van der Waals surface area contributed by atoms with Crippen LogP contribution in [0.5, 0.6) is 5.75 Å². The van der Waals surface area contributed by atoms with Gasteiger partial charge in [-0.1, -0.05) is 72.3 Å². The molecular weight excluding hydrogens is 570 g/mol. The van der Waals surface area contributed by atoms with Crippen LogP contribution in [-0.4, -0.2) is 27.1 Å². The fourth-order valence-corrected chi connectivity index (χ4v) is 6.03. The summed E-state index contributed by atoms with van der Waals surface area (Å²) in [5, 5.41) is 6.72. The number of hydrogen-bond donors (Lipinski definition) is 1. The summed E-state index contributed by atoms with van der Waals surface area (Å²) in [7, 11) is -4.06. The molecule has 0 fully saturated rings. The van der Waals surface area contributed by atoms with Crippen molar-refractivity contribution in [2.45, 2.75) is 18.4 Å². The molecule has 0 aliphatic carbocycles. The third-order valence-electron chi connectivity index (χ3n) is 6.56. The summed E-state index contributed by atoms with van der Waals surface area (Å²) in [6.45, 7) is 1.70. The quantitative estimate of drug-likeness (QED) is 0.143. The highest BCUT2D eigenvalue weighted by Gasteiger charge is 2.28. The van der Waals surface area contributed by atoms with Gasteiger partial charge in [0, 0.05) is 5.02 Å². The van der Waals surface area contributed by atoms with Gasteiger partial charge in [-0.2, -0.15) is 5.10 Å². The highest BCUT2D eigenvalue weighted by molar-refractivity contribution is 7.92. The topological polar surface area (TPSA) is 88.1 Å². The highest BCUT2D eigenvalue weighted by Crippen LogP contribution is 2.29. The summed E-state index contributed by atoms with van der Waals surface area (Å²) in [6.07, 6.45) is 1.48. The van der Waals surface area contributed by atoms with E-state index in [9.17, 15) is 13.2 Å². The minimum Gasteiger partial charge on any atom is -0.489 e. The zero-order valence-corrected chi connectivity index (χ0v) is 24.3. The van der Waals surface area contributed by atoms with Gasteiger partial charge in [0.25, 0.3) is 15.9 Å². The Bertz CT molecular complexity index is 1840. The lowest BCUT2D eigenvalue weighted by Gasteiger charge is -2.25. The normalized spacial score (nSPS) is 11.5. The van der Waals surface area contributed by atoms with Crippen LogP contribution < -0.4 is 14.5 Å². The van der Waals surface area contributed by atoms with Crippen LogP contribution in [0.4, 0.5) is 5.69 Å². The van der Waals surface area contributed by atoms with E-state index in [1.807, 2.05) is 42.5 Å². The van der Waals surface area contributed by atoms with E-state index in [2.05, 4.69) is 34.8 Å². The van der Waals surface area contributed by atoms with Crippen molar-refractivity contribution in [1.29, 1.82) is 0 Å². The van der Waals surface area contributed by atoms with Crippen LogP contribution >= 0.6 is 11.6 Å². The average molecular weight is 598 g/mol. The largest absolute Gasteiger partial charge is 0.489 e. The van der Waals surface area contributed by atoms with E-state index in [4.69, 9.17) is 16.3 Å². The number of aryl methyl sites for hydroxylation is 1. The van der Waals surface area contributed by atoms with Crippen LogP contribution in [0.2, 0.25) is 5.02 Å². The van der Waals surface area contributed by atoms with Crippen molar-refractivity contribution in [1.82, 2.24) is 5.43 Å². The van der Waals surface area contributed by atoms with Gasteiger partial charge in [-0.3, -0.25) is 9.10 Å². The summed E-state index contributed by atoms with van der Waals surface area (Å²) in [5.41, 5.74) is 5.18. The molecule has 42 heavy (non-hydrogen) atoms. The van der Waals surface area contributed by atoms with Crippen LogP contribution in [-0.2, 0) is 21.4 Å². The fraction of sp³-hybridized carbons (Fsp3) is 0.0909. The van der Waals surface area contributed by atoms with Gasteiger partial charge >= 0.3 is 0 Å². The van der Waals surface area contributed by atoms with E-state index in [-0.39, 0.29) is 4.90 Å². The molecule has 0 saturated heterocycles. The smallest absolute Gasteiger partial charge is 0.264 e. The summed E-state index contributed by atoms with van der Waals surface area (Å²) in [6, 6.07) is 34.5. The Morgan fingerprint density at radius 2 is 1.60 bits per heavy atom. The first kappa shape index (κ1) is 28.9. The molecule has 0 spiro atoms. The summed E-state index contributed by atoms with van der Waals surface area (Å²) in [5.74, 6) is 0.0865. The predicted molar refractivity (Wildman–Crippen MR) is 168 cm³/mol. The number of benzene rings is 5. The monoisotopic (exact) mass is 597 g/mol. The maximum atomic E-state index is 13.5. The maximum Gasteiger partial charge on any atom is 0.264 e. The lowest BCUT2D eigenvalue weighted by molar-refractivity contribution is -0.119. The van der Waals surface area contributed by atoms with E-state index in [0.29, 0.717) is 28.6 Å². The number of hydrazone groups is 1. The van der Waals surface area contributed by atoms with Crippen molar-refractivity contribution < 1.29 is 17.9 Å². The lowest BCUT2D eigenvalue weighted by atomic mass is 10.1. The van der Waals surface area contributed by atoms with Crippen molar-refractivity contribution in [2.75, 3.05) is 10.8 Å². The number of anilines is 1. The van der Waals surface area contributed by atoms with E-state index in [1.165, 1.54) is 29.8 Å². The van der Waals surface area contributed by atoms with Crippen LogP contribution in [0.1, 0.15) is 16.7 Å². The minimum absolute atomic E-state index is 0.0589. The molecule has 7 nitrogen and oxygen atoms in total. The third-order valence-corrected chi connectivity index (χ3v) is 8.57. The SMILES string of the molecule is Cc1ccc(Cl)cc1N(CC(=O)N/N=C/c1ccc(OCc2ccc3ccccc3c2)cc1)S(=O)(=O)c1ccccc1. The van der Waals surface area contributed by atoms with Crippen molar-refractivity contribution in [3.05, 3.63) is 137 Å². The van der Waals surface area contributed by atoms with E-state index < -0.39 is 22.5 Å². The fourth-order valence-electron chi connectivity index (χ4n) is 4.36. The van der Waals surface area contributed by atoms with Gasteiger partial charge in [-0.05, 0) is 89.0 Å². The molecule has 0 radical (unpaired) electrons. The van der Waals surface area contributed by atoms with Crippen LogP contribution in [0, 0.1) is 6.92 Å². The first-order valence-electron chi connectivity index (χ1n) is 13.2. The van der Waals surface area contributed by atoms with Crippen molar-refractivity contribution >= 4 is 50.2 Å². The number of carbonyl (C=O) groups excluding carboxylic acids is 1. The van der Waals surface area contributed by atoms with Gasteiger partial charge in [0.05, 0.1) is 16.8 Å². The minimum atomic E-state index is -4.06. The zero-order chi connectivity index (χ0) is 29.5. The first-order valence-corrected chi connectivity index (χ1v) is 15.0. The number of nitrogens with one attached hydrogen (secondary N) is 1. The maximum absolute atomic E-state index is 13.5. The number of hydrogen-bond acceptors (Lipinski definition) is 5. The molecule has 5 aromatic rings. The molecule has 0 saturated carbocycles. The zero-order valence-electron chi connectivity index (χ0n) is 22.8. The Kier molecular flexibility index (Phi) is 8.85. The number of nitrogens with zero attached hydrogens (tertiary/aromatic N) is 2. The molecule has 1 N–H and O–H groups in total. The Labute approximate surface area is 250 Å². The lowest BCUT2D eigenvalue weighted by Crippen LogP contribution is -2.40. The molecule has 0 heterocycles. The molecule has 0 bridgehead atoms. The van der Waals surface area contributed by atoms with E-state index in [1.54, 1.807) is 37.3 Å². The molecular formula is C33H28ClN3O4S. The van der Waals surface area contributed by atoms with Gasteiger partial charge in [-0.25, -0.2) is 13.8 Å². The molecule has 5 rings (SSSR count). The molecule has 212 valence electrons. The molecule has 0 atom stereocenters. The summed E-state index contributed by atoms with van der Waals surface area (Å²) >= 11 is 6.17. The average Bonchev–Trinajstić information content (AvgIpc) is 3.01. The van der Waals surface area contributed by atoms with Gasteiger partial charge in [0.15, 0.2) is 0 Å². The number of rotatable bonds is 10. The molecule has 9 heteroatoms. The van der Waals surface area contributed by atoms with Crippen molar-refractivity contribution in [3.63, 3.8) is 0 Å². The number of halogens is 1. The van der Waals surface area contributed by atoms with E-state index >= 15 is 0 Å². The third kappa shape index (κ3) is 6.97. The second-order valence-electron chi connectivity index (χ2n) is 9.59. The van der Waals surface area contributed by atoms with Crippen LogP contribution in [0.15, 0.2) is 125 Å². The second-order valence-corrected chi connectivity index (χ2v) is 11.9. The van der Waals surface area contributed by atoms with Gasteiger partial charge in [0.1, 0.15) is 18.9 Å².